The molecule has 290 valence electrons. The average molecular weight is 743 g/mol. The maximum atomic E-state index is 14.5. The van der Waals surface area contributed by atoms with Crippen LogP contribution < -0.4 is 16.0 Å². The average Bonchev–Trinajstić information content (AvgIpc) is 3.82. The molecule has 14 heteroatoms. The molecule has 0 saturated carbocycles. The number of imidazole rings is 1. The summed E-state index contributed by atoms with van der Waals surface area (Å²) in [7, 11) is 1.67. The van der Waals surface area contributed by atoms with Gasteiger partial charge in [0.05, 0.1) is 23.1 Å². The number of nitrogens with one attached hydrogen (secondary N) is 4. The molecular formula is C40H54N8O6. The molecule has 3 aromatic rings. The monoisotopic (exact) mass is 742 g/mol. The number of H-pyrrole nitrogens is 1. The van der Waals surface area contributed by atoms with Crippen LogP contribution in [0.1, 0.15) is 84.0 Å². The van der Waals surface area contributed by atoms with E-state index < -0.39 is 18.1 Å². The van der Waals surface area contributed by atoms with Gasteiger partial charge in [-0.2, -0.15) is 0 Å². The Balaban J connectivity index is 1.26. The fourth-order valence-corrected chi connectivity index (χ4v) is 7.42. The van der Waals surface area contributed by atoms with Crippen LogP contribution in [0.3, 0.4) is 0 Å². The lowest BCUT2D eigenvalue weighted by Crippen LogP contribution is -2.60. The van der Waals surface area contributed by atoms with Crippen molar-refractivity contribution in [1.82, 2.24) is 40.6 Å². The molecule has 5 amide bonds. The van der Waals surface area contributed by atoms with E-state index in [9.17, 15) is 28.8 Å². The number of aromatic amines is 1. The highest BCUT2D eigenvalue weighted by molar-refractivity contribution is 5.93. The summed E-state index contributed by atoms with van der Waals surface area (Å²) in [5.41, 5.74) is 3.80. The van der Waals surface area contributed by atoms with Crippen LogP contribution in [-0.4, -0.2) is 118 Å². The molecule has 14 nitrogen and oxygen atoms in total. The zero-order valence-electron chi connectivity index (χ0n) is 31.8. The van der Waals surface area contributed by atoms with Crippen molar-refractivity contribution in [1.29, 1.82) is 0 Å². The van der Waals surface area contributed by atoms with Crippen LogP contribution in [-0.2, 0) is 28.8 Å². The Morgan fingerprint density at radius 2 is 1.78 bits per heavy atom. The number of hydrogen-bond donors (Lipinski definition) is 4. The molecule has 1 aromatic heterocycles. The number of unbranched alkanes of at least 4 members (excludes halogenated alkanes) is 1. The predicted molar refractivity (Wildman–Crippen MR) is 205 cm³/mol. The number of carbonyl (C=O) groups excluding carboxylic acids is 6. The molecule has 4 unspecified atom stereocenters. The van der Waals surface area contributed by atoms with Crippen molar-refractivity contribution in [2.75, 3.05) is 33.2 Å². The number of benzene rings is 2. The zero-order chi connectivity index (χ0) is 38.8. The molecule has 2 fully saturated rings. The Morgan fingerprint density at radius 3 is 2.48 bits per heavy atom. The van der Waals surface area contributed by atoms with Crippen molar-refractivity contribution in [3.63, 3.8) is 0 Å². The largest absolute Gasteiger partial charge is 0.345 e. The third-order valence-electron chi connectivity index (χ3n) is 10.6. The molecule has 5 rings (SSSR count). The summed E-state index contributed by atoms with van der Waals surface area (Å²) in [6.07, 6.45) is 4.19. The fourth-order valence-electron chi connectivity index (χ4n) is 7.42. The number of aldehydes is 1. The fraction of sp³-hybridized carbons (Fsp3) is 0.525. The van der Waals surface area contributed by atoms with Gasteiger partial charge in [-0.25, -0.2) is 4.98 Å². The molecular weight excluding hydrogens is 688 g/mol. The molecule has 0 bridgehead atoms. The second-order valence-electron chi connectivity index (χ2n) is 14.2. The van der Waals surface area contributed by atoms with E-state index in [0.717, 1.165) is 28.6 Å². The lowest BCUT2D eigenvalue weighted by molar-refractivity contribution is -0.144. The summed E-state index contributed by atoms with van der Waals surface area (Å²) in [6.45, 7) is 6.15. The highest BCUT2D eigenvalue weighted by atomic mass is 16.2. The normalized spacial score (nSPS) is 19.7. The highest BCUT2D eigenvalue weighted by Gasteiger charge is 2.44. The minimum Gasteiger partial charge on any atom is -0.345 e. The SMILES string of the molecule is CCC(=O)N[C@H](C=O)CN(CC)C(=O)CCCCC(=O)N1CCC2CCC(c3nc4cccc(-c5ccccc5)c4[nH]3)N2C(=O)C(NC(=O)C(C)NC)C1. The molecule has 0 spiro atoms. The van der Waals surface area contributed by atoms with Crippen molar-refractivity contribution in [2.24, 2.45) is 0 Å². The number of aromatic nitrogens is 2. The second-order valence-corrected chi connectivity index (χ2v) is 14.2. The number of rotatable bonds is 16. The Kier molecular flexibility index (Phi) is 13.9. The van der Waals surface area contributed by atoms with E-state index in [-0.39, 0.29) is 74.0 Å². The van der Waals surface area contributed by atoms with Crippen LogP contribution in [0, 0.1) is 0 Å². The molecule has 2 aromatic carbocycles. The van der Waals surface area contributed by atoms with Gasteiger partial charge >= 0.3 is 0 Å². The van der Waals surface area contributed by atoms with Crippen LogP contribution >= 0.6 is 0 Å². The van der Waals surface area contributed by atoms with E-state index in [2.05, 4.69) is 39.1 Å². The van der Waals surface area contributed by atoms with Crippen LogP contribution in [0.25, 0.3) is 22.2 Å². The third-order valence-corrected chi connectivity index (χ3v) is 10.6. The maximum Gasteiger partial charge on any atom is 0.247 e. The van der Waals surface area contributed by atoms with Gasteiger partial charge < -0.3 is 40.4 Å². The number of amides is 5. The lowest BCUT2D eigenvalue weighted by Gasteiger charge is -2.39. The van der Waals surface area contributed by atoms with Gasteiger partial charge in [0.15, 0.2) is 0 Å². The topological polar surface area (TPSA) is 177 Å². The summed E-state index contributed by atoms with van der Waals surface area (Å²) >= 11 is 0. The predicted octanol–water partition coefficient (Wildman–Crippen LogP) is 3.09. The Hall–Kier alpha value is -5.11. The van der Waals surface area contributed by atoms with E-state index >= 15 is 0 Å². The van der Waals surface area contributed by atoms with Crippen molar-refractivity contribution < 1.29 is 28.8 Å². The number of para-hydroxylation sites is 1. The summed E-state index contributed by atoms with van der Waals surface area (Å²) in [5, 5.41) is 8.48. The van der Waals surface area contributed by atoms with Gasteiger partial charge in [-0.3, -0.25) is 24.0 Å². The summed E-state index contributed by atoms with van der Waals surface area (Å²) < 4.78 is 0. The molecule has 2 aliphatic heterocycles. The van der Waals surface area contributed by atoms with E-state index in [0.29, 0.717) is 50.9 Å². The number of fused-ring (bicyclic) bond motifs is 2. The van der Waals surface area contributed by atoms with Crippen LogP contribution in [0.5, 0.6) is 0 Å². The van der Waals surface area contributed by atoms with Crippen LogP contribution in [0.4, 0.5) is 0 Å². The van der Waals surface area contributed by atoms with E-state index in [4.69, 9.17) is 4.98 Å². The lowest BCUT2D eigenvalue weighted by atomic mass is 10.0. The first kappa shape index (κ1) is 40.1. The van der Waals surface area contributed by atoms with Gasteiger partial charge in [-0.15, -0.1) is 0 Å². The van der Waals surface area contributed by atoms with E-state index in [1.807, 2.05) is 42.2 Å². The van der Waals surface area contributed by atoms with Gasteiger partial charge in [-0.1, -0.05) is 49.4 Å². The summed E-state index contributed by atoms with van der Waals surface area (Å²) in [4.78, 5) is 91.1. The minimum atomic E-state index is -0.955. The first-order valence-electron chi connectivity index (χ1n) is 19.2. The molecule has 5 atom stereocenters. The van der Waals surface area contributed by atoms with E-state index in [1.165, 1.54) is 4.90 Å². The second kappa shape index (κ2) is 18.8. The van der Waals surface area contributed by atoms with Crippen LogP contribution in [0.2, 0.25) is 0 Å². The molecule has 0 aliphatic carbocycles. The number of carbonyl (C=O) groups is 6. The molecule has 4 N–H and O–H groups in total. The van der Waals surface area contributed by atoms with Gasteiger partial charge in [0.25, 0.3) is 0 Å². The Bertz CT molecular complexity index is 1800. The standard InChI is InChI=1S/C40H54N8O6/c1-5-34(50)42-28(25-49)23-46(6-2)35(51)17-10-11-18-36(52)47-22-21-29-19-20-33(48(29)40(54)32(24-47)44-39(53)26(3)41-4)38-43-31-16-12-15-30(37(31)45-38)27-13-8-7-9-14-27/h7-9,12-16,25-26,28-29,32-33,41H,5-6,10-11,17-24H2,1-4H3,(H,42,50)(H,43,45)(H,44,53)/t26?,28-,29?,32?,33?/m0/s1. The Labute approximate surface area is 316 Å². The number of nitrogens with zero attached hydrogens (tertiary/aromatic N) is 4. The summed E-state index contributed by atoms with van der Waals surface area (Å²) in [5.74, 6) is -0.428. The highest BCUT2D eigenvalue weighted by Crippen LogP contribution is 2.39. The zero-order valence-corrected chi connectivity index (χ0v) is 31.8. The maximum absolute atomic E-state index is 14.5. The Morgan fingerprint density at radius 1 is 1.02 bits per heavy atom. The van der Waals surface area contributed by atoms with Gasteiger partial charge in [-0.05, 0) is 64.6 Å². The van der Waals surface area contributed by atoms with Crippen molar-refractivity contribution >= 4 is 46.9 Å². The molecule has 3 heterocycles. The van der Waals surface area contributed by atoms with Crippen LogP contribution in [0.15, 0.2) is 48.5 Å². The smallest absolute Gasteiger partial charge is 0.247 e. The molecule has 2 aliphatic rings. The van der Waals surface area contributed by atoms with Crippen molar-refractivity contribution in [2.45, 2.75) is 102 Å². The van der Waals surface area contributed by atoms with E-state index in [1.54, 1.807) is 25.8 Å². The van der Waals surface area contributed by atoms with Gasteiger partial charge in [0.2, 0.25) is 29.5 Å². The van der Waals surface area contributed by atoms with Gasteiger partial charge in [0, 0.05) is 57.0 Å². The first-order chi connectivity index (χ1) is 26.1. The third kappa shape index (κ3) is 9.51. The van der Waals surface area contributed by atoms with Crippen molar-refractivity contribution in [3.8, 4) is 11.1 Å². The molecule has 0 radical (unpaired) electrons. The number of likely N-dealkylation sites (N-methyl/N-ethyl adjacent to an activating group) is 2. The quantitative estimate of drug-likeness (QED) is 0.128. The summed E-state index contributed by atoms with van der Waals surface area (Å²) in [6, 6.07) is 13.3. The number of hydrogen-bond acceptors (Lipinski definition) is 8. The molecule has 2 saturated heterocycles. The van der Waals surface area contributed by atoms with Crippen molar-refractivity contribution in [3.05, 3.63) is 54.4 Å². The van der Waals surface area contributed by atoms with Gasteiger partial charge in [0.1, 0.15) is 24.2 Å². The minimum absolute atomic E-state index is 0.0349. The first-order valence-corrected chi connectivity index (χ1v) is 19.2. The molecule has 54 heavy (non-hydrogen) atoms.